The fraction of sp³-hybridized carbons (Fsp3) is 0.294. The van der Waals surface area contributed by atoms with Crippen molar-refractivity contribution in [2.45, 2.75) is 19.4 Å². The van der Waals surface area contributed by atoms with E-state index < -0.39 is 0 Å². The zero-order valence-electron chi connectivity index (χ0n) is 13.0. The average Bonchev–Trinajstić information content (AvgIpc) is 3.19. The minimum absolute atomic E-state index is 0.143. The summed E-state index contributed by atoms with van der Waals surface area (Å²) in [6.07, 6.45) is 0. The summed E-state index contributed by atoms with van der Waals surface area (Å²) >= 11 is 1.66. The minimum Gasteiger partial charge on any atom is -0.453 e. The molecule has 1 aromatic carbocycles. The smallest absolute Gasteiger partial charge is 0.287 e. The quantitative estimate of drug-likeness (QED) is 0.750. The first-order valence-corrected chi connectivity index (χ1v) is 8.20. The second kappa shape index (κ2) is 6.93. The molecule has 1 atom stereocenters. The molecule has 1 unspecified atom stereocenters. The van der Waals surface area contributed by atoms with Gasteiger partial charge in [-0.3, -0.25) is 4.79 Å². The number of hydrogen-bond acceptors (Lipinski definition) is 5. The number of thiazole rings is 1. The van der Waals surface area contributed by atoms with E-state index in [1.54, 1.807) is 30.6 Å². The summed E-state index contributed by atoms with van der Waals surface area (Å²) in [6.45, 7) is 2.92. The van der Waals surface area contributed by atoms with Gasteiger partial charge < -0.3 is 14.5 Å². The Morgan fingerprint density at radius 3 is 2.96 bits per heavy atom. The van der Waals surface area contributed by atoms with Crippen LogP contribution in [-0.2, 0) is 11.3 Å². The van der Waals surface area contributed by atoms with E-state index in [1.807, 2.05) is 18.2 Å². The van der Waals surface area contributed by atoms with E-state index in [1.165, 1.54) is 0 Å². The van der Waals surface area contributed by atoms with E-state index in [4.69, 9.17) is 9.15 Å². The Morgan fingerprint density at radius 2 is 2.17 bits per heavy atom. The number of methoxy groups -OCH3 is 1. The van der Waals surface area contributed by atoms with Crippen molar-refractivity contribution in [3.63, 3.8) is 0 Å². The molecule has 3 rings (SSSR count). The highest BCUT2D eigenvalue weighted by Crippen LogP contribution is 2.26. The molecule has 120 valence electrons. The van der Waals surface area contributed by atoms with Crippen molar-refractivity contribution in [2.24, 2.45) is 0 Å². The van der Waals surface area contributed by atoms with E-state index >= 15 is 0 Å². The third kappa shape index (κ3) is 3.60. The van der Waals surface area contributed by atoms with Gasteiger partial charge in [0.15, 0.2) is 5.76 Å². The molecule has 0 aliphatic rings. The molecule has 0 bridgehead atoms. The fourth-order valence-electron chi connectivity index (χ4n) is 2.24. The number of ether oxygens (including phenoxy) is 1. The van der Waals surface area contributed by atoms with Gasteiger partial charge in [0.25, 0.3) is 5.91 Å². The summed E-state index contributed by atoms with van der Waals surface area (Å²) in [5.74, 6) is 0.857. The summed E-state index contributed by atoms with van der Waals surface area (Å²) in [6, 6.07) is 11.4. The lowest BCUT2D eigenvalue weighted by Gasteiger charge is -2.08. The SMILES string of the molecule is COCc1ccc(C(=O)NCC(C)c2nc3ccccc3s2)o1. The third-order valence-corrected chi connectivity index (χ3v) is 4.74. The first kappa shape index (κ1) is 15.7. The molecule has 0 aliphatic carbocycles. The molecular formula is C17H18N2O3S. The van der Waals surface area contributed by atoms with Crippen LogP contribution in [0.3, 0.4) is 0 Å². The Balaban J connectivity index is 1.61. The number of hydrogen-bond donors (Lipinski definition) is 1. The monoisotopic (exact) mass is 330 g/mol. The van der Waals surface area contributed by atoms with Crippen molar-refractivity contribution in [3.05, 3.63) is 52.9 Å². The number of fused-ring (bicyclic) bond motifs is 1. The molecule has 2 aromatic heterocycles. The summed E-state index contributed by atoms with van der Waals surface area (Å²) in [7, 11) is 1.59. The molecule has 0 saturated heterocycles. The van der Waals surface area contributed by atoms with Gasteiger partial charge in [0.05, 0.1) is 15.2 Å². The van der Waals surface area contributed by atoms with Crippen LogP contribution in [-0.4, -0.2) is 24.5 Å². The maximum Gasteiger partial charge on any atom is 0.287 e. The van der Waals surface area contributed by atoms with Crippen LogP contribution >= 0.6 is 11.3 Å². The van der Waals surface area contributed by atoms with Crippen molar-refractivity contribution in [2.75, 3.05) is 13.7 Å². The predicted molar refractivity (Wildman–Crippen MR) is 89.8 cm³/mol. The maximum atomic E-state index is 12.1. The van der Waals surface area contributed by atoms with Crippen molar-refractivity contribution < 1.29 is 13.9 Å². The summed E-state index contributed by atoms with van der Waals surface area (Å²) < 4.78 is 11.6. The summed E-state index contributed by atoms with van der Waals surface area (Å²) in [5, 5.41) is 3.91. The highest BCUT2D eigenvalue weighted by molar-refractivity contribution is 7.18. The molecule has 1 amide bonds. The maximum absolute atomic E-state index is 12.1. The molecule has 0 radical (unpaired) electrons. The van der Waals surface area contributed by atoms with Gasteiger partial charge in [0, 0.05) is 19.6 Å². The Hall–Kier alpha value is -2.18. The predicted octanol–water partition coefficient (Wildman–Crippen LogP) is 3.57. The number of carbonyl (C=O) groups excluding carboxylic acids is 1. The Morgan fingerprint density at radius 1 is 1.35 bits per heavy atom. The van der Waals surface area contributed by atoms with Gasteiger partial charge >= 0.3 is 0 Å². The van der Waals surface area contributed by atoms with E-state index in [2.05, 4.69) is 23.3 Å². The van der Waals surface area contributed by atoms with Crippen molar-refractivity contribution in [3.8, 4) is 0 Å². The van der Waals surface area contributed by atoms with E-state index in [0.717, 1.165) is 15.2 Å². The molecule has 6 heteroatoms. The minimum atomic E-state index is -0.222. The number of benzene rings is 1. The van der Waals surface area contributed by atoms with Gasteiger partial charge in [-0.05, 0) is 24.3 Å². The number of carbonyl (C=O) groups is 1. The number of para-hydroxylation sites is 1. The zero-order valence-corrected chi connectivity index (χ0v) is 13.9. The number of aromatic nitrogens is 1. The van der Waals surface area contributed by atoms with E-state index in [-0.39, 0.29) is 11.8 Å². The number of amides is 1. The molecule has 3 aromatic rings. The average molecular weight is 330 g/mol. The van der Waals surface area contributed by atoms with Crippen LogP contribution in [0.4, 0.5) is 0 Å². The fourth-order valence-corrected chi connectivity index (χ4v) is 3.26. The molecule has 0 saturated carbocycles. The van der Waals surface area contributed by atoms with Gasteiger partial charge in [0.2, 0.25) is 0 Å². The lowest BCUT2D eigenvalue weighted by molar-refractivity contribution is 0.0915. The van der Waals surface area contributed by atoms with Crippen molar-refractivity contribution in [1.29, 1.82) is 0 Å². The Labute approximate surface area is 138 Å². The molecule has 0 fully saturated rings. The molecule has 0 aliphatic heterocycles. The summed E-state index contributed by atoms with van der Waals surface area (Å²) in [4.78, 5) is 16.7. The third-order valence-electron chi connectivity index (χ3n) is 3.47. The highest BCUT2D eigenvalue weighted by Gasteiger charge is 2.15. The number of rotatable bonds is 6. The van der Waals surface area contributed by atoms with Gasteiger partial charge in [-0.1, -0.05) is 19.1 Å². The largest absolute Gasteiger partial charge is 0.453 e. The zero-order chi connectivity index (χ0) is 16.2. The Bertz CT molecular complexity index is 776. The van der Waals surface area contributed by atoms with Gasteiger partial charge in [-0.2, -0.15) is 0 Å². The van der Waals surface area contributed by atoms with Gasteiger partial charge in [0.1, 0.15) is 12.4 Å². The lowest BCUT2D eigenvalue weighted by atomic mass is 10.2. The van der Waals surface area contributed by atoms with Crippen molar-refractivity contribution >= 4 is 27.5 Å². The number of nitrogens with one attached hydrogen (secondary N) is 1. The first-order valence-electron chi connectivity index (χ1n) is 7.38. The lowest BCUT2D eigenvalue weighted by Crippen LogP contribution is -2.27. The molecule has 23 heavy (non-hydrogen) atoms. The molecule has 2 heterocycles. The molecule has 5 nitrogen and oxygen atoms in total. The molecule has 1 N–H and O–H groups in total. The number of nitrogens with zero attached hydrogens (tertiary/aromatic N) is 1. The van der Waals surface area contributed by atoms with Crippen LogP contribution in [0.5, 0.6) is 0 Å². The topological polar surface area (TPSA) is 64.4 Å². The standard InChI is InChI=1S/C17H18N2O3S/c1-11(17-19-13-5-3-4-6-15(13)23-17)9-18-16(20)14-8-7-12(22-14)10-21-2/h3-8,11H,9-10H2,1-2H3,(H,18,20). The van der Waals surface area contributed by atoms with Crippen LogP contribution in [0.25, 0.3) is 10.2 Å². The first-order chi connectivity index (χ1) is 11.2. The van der Waals surface area contributed by atoms with Crippen LogP contribution in [0.15, 0.2) is 40.8 Å². The van der Waals surface area contributed by atoms with Crippen LogP contribution < -0.4 is 5.32 Å². The van der Waals surface area contributed by atoms with Crippen LogP contribution in [0.2, 0.25) is 0 Å². The Kier molecular flexibility index (Phi) is 4.73. The van der Waals surface area contributed by atoms with Gasteiger partial charge in [-0.15, -0.1) is 11.3 Å². The second-order valence-electron chi connectivity index (χ2n) is 5.33. The van der Waals surface area contributed by atoms with Crippen molar-refractivity contribution in [1.82, 2.24) is 10.3 Å². The van der Waals surface area contributed by atoms with E-state index in [9.17, 15) is 4.79 Å². The van der Waals surface area contributed by atoms with Crippen LogP contribution in [0.1, 0.15) is 34.2 Å². The molecule has 0 spiro atoms. The van der Waals surface area contributed by atoms with E-state index in [0.29, 0.717) is 24.7 Å². The summed E-state index contributed by atoms with van der Waals surface area (Å²) in [5.41, 5.74) is 1.00. The number of furan rings is 1. The van der Waals surface area contributed by atoms with Crippen LogP contribution in [0, 0.1) is 0 Å². The normalized spacial score (nSPS) is 12.4. The molecular weight excluding hydrogens is 312 g/mol. The second-order valence-corrected chi connectivity index (χ2v) is 6.39. The van der Waals surface area contributed by atoms with Gasteiger partial charge in [-0.25, -0.2) is 4.98 Å². The highest BCUT2D eigenvalue weighted by atomic mass is 32.1.